The summed E-state index contributed by atoms with van der Waals surface area (Å²) in [6, 6.07) is 14.8. The molecule has 146 valence electrons. The number of nitrogens with one attached hydrogen (secondary N) is 1. The number of imidazole rings is 1. The first kappa shape index (κ1) is 19.4. The van der Waals surface area contributed by atoms with Crippen LogP contribution in [0.5, 0.6) is 5.75 Å². The summed E-state index contributed by atoms with van der Waals surface area (Å²) >= 11 is 0. The summed E-state index contributed by atoms with van der Waals surface area (Å²) in [5.41, 5.74) is 1.30. The lowest BCUT2D eigenvalue weighted by Crippen LogP contribution is -2.40. The van der Waals surface area contributed by atoms with E-state index in [4.69, 9.17) is 4.74 Å². The van der Waals surface area contributed by atoms with E-state index in [1.165, 1.54) is 6.07 Å². The lowest BCUT2D eigenvalue weighted by atomic mass is 10.2. The zero-order valence-corrected chi connectivity index (χ0v) is 16.0. The van der Waals surface area contributed by atoms with Crippen LogP contribution in [-0.2, 0) is 6.54 Å². The summed E-state index contributed by atoms with van der Waals surface area (Å²) in [7, 11) is 3.66. The summed E-state index contributed by atoms with van der Waals surface area (Å²) in [6.07, 6.45) is 4.91. The highest BCUT2D eigenvalue weighted by Gasteiger charge is 2.08. The topological polar surface area (TPSA) is 54.7 Å². The summed E-state index contributed by atoms with van der Waals surface area (Å²) in [5.74, 6) is 1.26. The van der Waals surface area contributed by atoms with E-state index in [-0.39, 0.29) is 5.82 Å². The van der Waals surface area contributed by atoms with Crippen LogP contribution in [0.1, 0.15) is 5.56 Å². The van der Waals surface area contributed by atoms with Gasteiger partial charge in [-0.15, -0.1) is 0 Å². The molecule has 1 heterocycles. The fourth-order valence-electron chi connectivity index (χ4n) is 2.76. The smallest absolute Gasteiger partial charge is 0.193 e. The third-order valence-electron chi connectivity index (χ3n) is 4.26. The maximum absolute atomic E-state index is 14.4. The molecular weight excluding hydrogens is 357 g/mol. The van der Waals surface area contributed by atoms with Gasteiger partial charge in [-0.05, 0) is 29.8 Å². The molecule has 0 aliphatic rings. The Labute approximate surface area is 164 Å². The van der Waals surface area contributed by atoms with E-state index in [0.717, 1.165) is 17.3 Å². The van der Waals surface area contributed by atoms with Crippen molar-refractivity contribution in [1.82, 2.24) is 19.8 Å². The standard InChI is InChI=1S/C21H24FN5O/c1-23-21(26(2)12-13-28-18-6-4-3-5-7-18)25-15-17-8-9-20(19(22)14-17)27-11-10-24-16-27/h3-11,14,16H,12-13,15H2,1-2H3,(H,23,25). The predicted molar refractivity (Wildman–Crippen MR) is 108 cm³/mol. The van der Waals surface area contributed by atoms with E-state index in [2.05, 4.69) is 15.3 Å². The Morgan fingerprint density at radius 2 is 2.07 bits per heavy atom. The molecule has 1 aromatic heterocycles. The molecule has 7 heteroatoms. The zero-order chi connectivity index (χ0) is 19.8. The van der Waals surface area contributed by atoms with Gasteiger partial charge >= 0.3 is 0 Å². The molecule has 28 heavy (non-hydrogen) atoms. The van der Waals surface area contributed by atoms with Gasteiger partial charge in [-0.2, -0.15) is 0 Å². The molecule has 0 radical (unpaired) electrons. The molecule has 0 spiro atoms. The quantitative estimate of drug-likeness (QED) is 0.505. The van der Waals surface area contributed by atoms with Crippen LogP contribution in [0.4, 0.5) is 4.39 Å². The van der Waals surface area contributed by atoms with E-state index >= 15 is 0 Å². The van der Waals surface area contributed by atoms with Crippen molar-refractivity contribution in [3.63, 3.8) is 0 Å². The van der Waals surface area contributed by atoms with Crippen LogP contribution in [0.2, 0.25) is 0 Å². The Morgan fingerprint density at radius 3 is 2.75 bits per heavy atom. The first-order valence-corrected chi connectivity index (χ1v) is 9.04. The van der Waals surface area contributed by atoms with Gasteiger partial charge in [0.05, 0.1) is 18.6 Å². The Hall–Kier alpha value is -3.35. The number of benzene rings is 2. The highest BCUT2D eigenvalue weighted by molar-refractivity contribution is 5.79. The fourth-order valence-corrected chi connectivity index (χ4v) is 2.76. The van der Waals surface area contributed by atoms with E-state index in [0.29, 0.717) is 25.4 Å². The summed E-state index contributed by atoms with van der Waals surface area (Å²) in [4.78, 5) is 10.2. The van der Waals surface area contributed by atoms with Crippen LogP contribution in [-0.4, -0.2) is 47.7 Å². The molecule has 0 unspecified atom stereocenters. The number of para-hydroxylation sites is 1. The van der Waals surface area contributed by atoms with Crippen molar-refractivity contribution < 1.29 is 9.13 Å². The predicted octanol–water partition coefficient (Wildman–Crippen LogP) is 3.10. The Morgan fingerprint density at radius 1 is 1.25 bits per heavy atom. The minimum atomic E-state index is -0.295. The average molecular weight is 381 g/mol. The number of aromatic nitrogens is 2. The van der Waals surface area contributed by atoms with Crippen molar-refractivity contribution in [3.8, 4) is 11.4 Å². The van der Waals surface area contributed by atoms with Gasteiger partial charge in [0.25, 0.3) is 0 Å². The first-order chi connectivity index (χ1) is 13.7. The molecule has 2 aromatic carbocycles. The summed E-state index contributed by atoms with van der Waals surface area (Å²) in [5, 5.41) is 3.25. The van der Waals surface area contributed by atoms with Gasteiger partial charge < -0.3 is 19.5 Å². The molecule has 0 aliphatic carbocycles. The number of hydrogen-bond acceptors (Lipinski definition) is 3. The molecule has 0 fully saturated rings. The van der Waals surface area contributed by atoms with Crippen molar-refractivity contribution in [2.75, 3.05) is 27.2 Å². The number of rotatable bonds is 7. The van der Waals surface area contributed by atoms with Gasteiger partial charge in [-0.1, -0.05) is 24.3 Å². The van der Waals surface area contributed by atoms with Crippen molar-refractivity contribution in [3.05, 3.63) is 78.6 Å². The van der Waals surface area contributed by atoms with Crippen LogP contribution < -0.4 is 10.1 Å². The molecule has 0 atom stereocenters. The normalized spacial score (nSPS) is 11.3. The minimum Gasteiger partial charge on any atom is -0.492 e. The largest absolute Gasteiger partial charge is 0.492 e. The van der Waals surface area contributed by atoms with Gasteiger partial charge in [-0.3, -0.25) is 4.99 Å². The van der Waals surface area contributed by atoms with E-state index in [1.807, 2.05) is 48.3 Å². The second kappa shape index (κ2) is 9.55. The monoisotopic (exact) mass is 381 g/mol. The molecule has 0 amide bonds. The van der Waals surface area contributed by atoms with E-state index < -0.39 is 0 Å². The molecule has 0 saturated carbocycles. The van der Waals surface area contributed by atoms with Gasteiger partial charge in [0.2, 0.25) is 0 Å². The molecule has 1 N–H and O–H groups in total. The second-order valence-electron chi connectivity index (χ2n) is 6.24. The number of aliphatic imine (C=N–C) groups is 1. The van der Waals surface area contributed by atoms with Crippen molar-refractivity contribution >= 4 is 5.96 Å². The molecule has 3 rings (SSSR count). The van der Waals surface area contributed by atoms with Gasteiger partial charge in [0, 0.05) is 33.0 Å². The highest BCUT2D eigenvalue weighted by atomic mass is 19.1. The number of nitrogens with zero attached hydrogens (tertiary/aromatic N) is 4. The number of guanidine groups is 1. The molecular formula is C21H24FN5O. The summed E-state index contributed by atoms with van der Waals surface area (Å²) < 4.78 is 21.7. The van der Waals surface area contributed by atoms with Crippen molar-refractivity contribution in [2.45, 2.75) is 6.54 Å². The van der Waals surface area contributed by atoms with Gasteiger partial charge in [0.1, 0.15) is 18.2 Å². The molecule has 3 aromatic rings. The fraction of sp³-hybridized carbons (Fsp3) is 0.238. The van der Waals surface area contributed by atoms with Crippen molar-refractivity contribution in [2.24, 2.45) is 4.99 Å². The highest BCUT2D eigenvalue weighted by Crippen LogP contribution is 2.15. The number of hydrogen-bond donors (Lipinski definition) is 1. The Kier molecular flexibility index (Phi) is 6.62. The lowest BCUT2D eigenvalue weighted by molar-refractivity contribution is 0.281. The minimum absolute atomic E-state index is 0.295. The Bertz CT molecular complexity index is 896. The second-order valence-corrected chi connectivity index (χ2v) is 6.24. The van der Waals surface area contributed by atoms with Crippen LogP contribution >= 0.6 is 0 Å². The van der Waals surface area contributed by atoms with Crippen LogP contribution in [0.3, 0.4) is 0 Å². The van der Waals surface area contributed by atoms with Gasteiger partial charge in [-0.25, -0.2) is 9.37 Å². The first-order valence-electron chi connectivity index (χ1n) is 9.04. The lowest BCUT2D eigenvalue weighted by Gasteiger charge is -2.22. The zero-order valence-electron chi connectivity index (χ0n) is 16.0. The number of likely N-dealkylation sites (N-methyl/N-ethyl adjacent to an activating group) is 1. The molecule has 6 nitrogen and oxygen atoms in total. The SMILES string of the molecule is CN=C(NCc1ccc(-n2ccnc2)c(F)c1)N(C)CCOc1ccccc1. The van der Waals surface area contributed by atoms with E-state index in [9.17, 15) is 4.39 Å². The summed E-state index contributed by atoms with van der Waals surface area (Å²) in [6.45, 7) is 1.68. The van der Waals surface area contributed by atoms with Crippen molar-refractivity contribution in [1.29, 1.82) is 0 Å². The number of halogens is 1. The maximum Gasteiger partial charge on any atom is 0.193 e. The van der Waals surface area contributed by atoms with Gasteiger partial charge in [0.15, 0.2) is 5.96 Å². The van der Waals surface area contributed by atoms with E-state index in [1.54, 1.807) is 36.4 Å². The van der Waals surface area contributed by atoms with Crippen LogP contribution in [0, 0.1) is 5.82 Å². The number of ether oxygens (including phenoxy) is 1. The molecule has 0 bridgehead atoms. The Balaban J connectivity index is 1.51. The third kappa shape index (κ3) is 5.09. The molecule has 0 aliphatic heterocycles. The third-order valence-corrected chi connectivity index (χ3v) is 4.26. The van der Waals surface area contributed by atoms with Crippen LogP contribution in [0.25, 0.3) is 5.69 Å². The van der Waals surface area contributed by atoms with Crippen LogP contribution in [0.15, 0.2) is 72.2 Å². The molecule has 0 saturated heterocycles. The average Bonchev–Trinajstić information content (AvgIpc) is 3.24. The maximum atomic E-state index is 14.4.